The molecule has 1 rings (SSSR count). The van der Waals surface area contributed by atoms with E-state index in [9.17, 15) is 0 Å². The molecule has 0 radical (unpaired) electrons. The zero-order valence-electron chi connectivity index (χ0n) is 7.48. The van der Waals surface area contributed by atoms with Crippen molar-refractivity contribution in [1.82, 2.24) is 5.17 Å². The second-order valence-electron chi connectivity index (χ2n) is 2.62. The molecule has 0 saturated carbocycles. The number of nitrogens with zero attached hydrogens (tertiary/aromatic N) is 2. The number of hydrazone groups is 1. The van der Waals surface area contributed by atoms with E-state index in [-0.39, 0.29) is 5.17 Å². The maximum absolute atomic E-state index is 8.95. The first-order chi connectivity index (χ1) is 6.99. The number of halogens is 2. The van der Waals surface area contributed by atoms with Crippen LogP contribution < -0.4 is 5.73 Å². The number of guanidine groups is 1. The lowest BCUT2D eigenvalue weighted by atomic mass is 10.2. The highest BCUT2D eigenvalue weighted by atomic mass is 35.5. The van der Waals surface area contributed by atoms with E-state index in [1.165, 1.54) is 6.21 Å². The first-order valence-corrected chi connectivity index (χ1v) is 4.58. The van der Waals surface area contributed by atoms with Crippen molar-refractivity contribution in [2.75, 3.05) is 0 Å². The number of nitrogens with two attached hydrogens (primary N) is 1. The first kappa shape index (κ1) is 11.8. The van der Waals surface area contributed by atoms with Gasteiger partial charge in [-0.25, -0.2) is 0 Å². The topological polar surface area (TPSA) is 85.7 Å². The quantitative estimate of drug-likeness (QED) is 0.424. The van der Waals surface area contributed by atoms with Crippen LogP contribution in [0.15, 0.2) is 23.3 Å². The molecular weight excluding hydrogens is 239 g/mol. The Morgan fingerprint density at radius 2 is 1.93 bits per heavy atom. The van der Waals surface area contributed by atoms with Gasteiger partial charge in [0.25, 0.3) is 0 Å². The second-order valence-corrected chi connectivity index (χ2v) is 3.49. The average Bonchev–Trinajstić information content (AvgIpc) is 2.12. The predicted molar refractivity (Wildman–Crippen MR) is 59.6 cm³/mol. The number of benzene rings is 1. The fourth-order valence-corrected chi connectivity index (χ4v) is 1.38. The van der Waals surface area contributed by atoms with Crippen molar-refractivity contribution < 1.29 is 5.21 Å². The molecule has 4 N–H and O–H groups in total. The molecule has 0 aliphatic heterocycles. The van der Waals surface area contributed by atoms with Gasteiger partial charge in [0, 0.05) is 10.0 Å². The zero-order chi connectivity index (χ0) is 11.4. The van der Waals surface area contributed by atoms with E-state index in [1.54, 1.807) is 18.2 Å². The molecule has 5 nitrogen and oxygen atoms in total. The van der Waals surface area contributed by atoms with E-state index in [2.05, 4.69) is 5.10 Å². The lowest BCUT2D eigenvalue weighted by Crippen LogP contribution is -2.28. The molecule has 0 saturated heterocycles. The summed E-state index contributed by atoms with van der Waals surface area (Å²) in [5.74, 6) is -0.584. The van der Waals surface area contributed by atoms with Gasteiger partial charge in [-0.1, -0.05) is 23.2 Å². The van der Waals surface area contributed by atoms with Crippen molar-refractivity contribution in [3.8, 4) is 0 Å². The van der Waals surface area contributed by atoms with Crippen molar-refractivity contribution in [1.29, 1.82) is 5.41 Å². The van der Waals surface area contributed by atoms with Crippen LogP contribution in [0.5, 0.6) is 0 Å². The fraction of sp³-hybridized carbons (Fsp3) is 0. The average molecular weight is 247 g/mol. The zero-order valence-corrected chi connectivity index (χ0v) is 9.00. The molecule has 7 heteroatoms. The minimum atomic E-state index is -0.584. The van der Waals surface area contributed by atoms with E-state index in [4.69, 9.17) is 39.6 Å². The first-order valence-electron chi connectivity index (χ1n) is 3.82. The monoisotopic (exact) mass is 246 g/mol. The molecule has 0 aliphatic rings. The summed E-state index contributed by atoms with van der Waals surface area (Å²) in [6.07, 6.45) is 1.28. The Morgan fingerprint density at radius 1 is 1.40 bits per heavy atom. The van der Waals surface area contributed by atoms with Crippen molar-refractivity contribution in [2.45, 2.75) is 0 Å². The number of hydroxylamine groups is 1. The summed E-state index contributed by atoms with van der Waals surface area (Å²) in [7, 11) is 0. The maximum Gasteiger partial charge on any atom is 0.236 e. The van der Waals surface area contributed by atoms with Gasteiger partial charge in [0.1, 0.15) is 0 Å². The largest absolute Gasteiger partial charge is 0.367 e. The van der Waals surface area contributed by atoms with E-state index in [0.717, 1.165) is 0 Å². The molecule has 15 heavy (non-hydrogen) atoms. The summed E-state index contributed by atoms with van der Waals surface area (Å²) >= 11 is 11.5. The van der Waals surface area contributed by atoms with Crippen molar-refractivity contribution >= 4 is 35.4 Å². The highest BCUT2D eigenvalue weighted by Gasteiger charge is 1.98. The van der Waals surface area contributed by atoms with Crippen molar-refractivity contribution in [3.05, 3.63) is 33.8 Å². The second kappa shape index (κ2) is 4.97. The molecule has 1 aromatic carbocycles. The molecule has 0 spiro atoms. The Hall–Kier alpha value is -1.30. The summed E-state index contributed by atoms with van der Waals surface area (Å²) in [6, 6.07) is 4.78. The standard InChI is InChI=1S/C8H8Cl2N4O/c9-6-1-5(2-7(10)3-6)4-13-14(15)8(11)12/h1-4,15H,(H3,11,12)/b13-4+. The van der Waals surface area contributed by atoms with Gasteiger partial charge in [0.05, 0.1) is 6.21 Å². The molecule has 0 heterocycles. The SMILES string of the molecule is N=C(N)N(O)/N=C/c1cc(Cl)cc(Cl)c1. The highest BCUT2D eigenvalue weighted by molar-refractivity contribution is 6.35. The van der Waals surface area contributed by atoms with Crippen molar-refractivity contribution in [3.63, 3.8) is 0 Å². The van der Waals surface area contributed by atoms with Gasteiger partial charge in [-0.05, 0) is 23.8 Å². The minimum Gasteiger partial charge on any atom is -0.367 e. The molecule has 0 fully saturated rings. The van der Waals surface area contributed by atoms with Gasteiger partial charge in [-0.2, -0.15) is 5.10 Å². The molecule has 0 bridgehead atoms. The summed E-state index contributed by atoms with van der Waals surface area (Å²) in [5.41, 5.74) is 5.54. The molecule has 0 aromatic heterocycles. The van der Waals surface area contributed by atoms with E-state index in [1.807, 2.05) is 0 Å². The van der Waals surface area contributed by atoms with Crippen molar-refractivity contribution in [2.24, 2.45) is 10.8 Å². The van der Waals surface area contributed by atoms with Crippen LogP contribution in [0, 0.1) is 5.41 Å². The third-order valence-corrected chi connectivity index (χ3v) is 1.85. The molecular formula is C8H8Cl2N4O. The van der Waals surface area contributed by atoms with Gasteiger partial charge in [-0.3, -0.25) is 10.6 Å². The van der Waals surface area contributed by atoms with Crippen LogP contribution in [0.3, 0.4) is 0 Å². The number of rotatable bonds is 2. The lowest BCUT2D eigenvalue weighted by Gasteiger charge is -2.05. The van der Waals surface area contributed by atoms with Crippen LogP contribution in [0.4, 0.5) is 0 Å². The van der Waals surface area contributed by atoms with E-state index in [0.29, 0.717) is 15.6 Å². The predicted octanol–water partition coefficient (Wildman–Crippen LogP) is 1.91. The normalized spacial score (nSPS) is 10.6. The Bertz CT molecular complexity index is 387. The fourth-order valence-electron chi connectivity index (χ4n) is 0.833. The Balaban J connectivity index is 2.85. The van der Waals surface area contributed by atoms with Crippen LogP contribution in [-0.2, 0) is 0 Å². The van der Waals surface area contributed by atoms with Gasteiger partial charge in [-0.15, -0.1) is 5.17 Å². The summed E-state index contributed by atoms with van der Waals surface area (Å²) in [5, 5.41) is 20.4. The molecule has 0 aliphatic carbocycles. The number of hydrogen-bond acceptors (Lipinski definition) is 3. The smallest absolute Gasteiger partial charge is 0.236 e. The van der Waals surface area contributed by atoms with Gasteiger partial charge in [0.2, 0.25) is 5.96 Å². The molecule has 1 aromatic rings. The summed E-state index contributed by atoms with van der Waals surface area (Å²) in [6.45, 7) is 0. The van der Waals surface area contributed by atoms with Gasteiger partial charge in [0.15, 0.2) is 0 Å². The summed E-state index contributed by atoms with van der Waals surface area (Å²) < 4.78 is 0. The van der Waals surface area contributed by atoms with Crippen LogP contribution in [0.25, 0.3) is 0 Å². The third-order valence-electron chi connectivity index (χ3n) is 1.42. The van der Waals surface area contributed by atoms with Crippen LogP contribution in [-0.4, -0.2) is 22.6 Å². The van der Waals surface area contributed by atoms with Crippen LogP contribution >= 0.6 is 23.2 Å². The molecule has 0 atom stereocenters. The summed E-state index contributed by atoms with van der Waals surface area (Å²) in [4.78, 5) is 0. The number of hydrogen-bond donors (Lipinski definition) is 3. The molecule has 0 unspecified atom stereocenters. The van der Waals surface area contributed by atoms with E-state index >= 15 is 0 Å². The van der Waals surface area contributed by atoms with E-state index < -0.39 is 5.96 Å². The van der Waals surface area contributed by atoms with Gasteiger partial charge < -0.3 is 5.73 Å². The Labute approximate surface area is 96.2 Å². The Morgan fingerprint density at radius 3 is 2.40 bits per heavy atom. The molecule has 80 valence electrons. The van der Waals surface area contributed by atoms with Gasteiger partial charge >= 0.3 is 0 Å². The minimum absolute atomic E-state index is 0.231. The molecule has 0 amide bonds. The Kier molecular flexibility index (Phi) is 3.90. The van der Waals surface area contributed by atoms with Crippen LogP contribution in [0.2, 0.25) is 10.0 Å². The number of nitrogens with one attached hydrogen (secondary N) is 1. The highest BCUT2D eigenvalue weighted by Crippen LogP contribution is 2.17. The maximum atomic E-state index is 8.95. The lowest BCUT2D eigenvalue weighted by molar-refractivity contribution is -0.0139. The third kappa shape index (κ3) is 3.75. The van der Waals surface area contributed by atoms with Crippen LogP contribution in [0.1, 0.15) is 5.56 Å².